The van der Waals surface area contributed by atoms with Crippen molar-refractivity contribution in [2.75, 3.05) is 19.0 Å². The Morgan fingerprint density at radius 2 is 1.84 bits per heavy atom. The van der Waals surface area contributed by atoms with Gasteiger partial charge in [0.2, 0.25) is 0 Å². The van der Waals surface area contributed by atoms with Crippen LogP contribution in [-0.4, -0.2) is 30.2 Å². The Balaban J connectivity index is 2.73. The maximum absolute atomic E-state index is 11.5. The number of halogens is 2. The molecule has 100 valence electrons. The molecule has 2 aromatic rings. The summed E-state index contributed by atoms with van der Waals surface area (Å²) in [4.78, 5) is 16.1. The number of hydrogen-bond donors (Lipinski definition) is 2. The third-order valence-electron chi connectivity index (χ3n) is 2.75. The minimum atomic E-state index is -1.03. The van der Waals surface area contributed by atoms with Gasteiger partial charge in [0.15, 0.2) is 0 Å². The summed E-state index contributed by atoms with van der Waals surface area (Å²) in [6.07, 6.45) is 1.60. The number of carboxylic acid groups (broad SMARTS) is 1. The Morgan fingerprint density at radius 1 is 1.26 bits per heavy atom. The first-order valence-electron chi connectivity index (χ1n) is 5.50. The number of rotatable bonds is 3. The number of nitrogens with zero attached hydrogens (tertiary/aromatic N) is 1. The lowest BCUT2D eigenvalue weighted by molar-refractivity contribution is 0.0698. The lowest BCUT2D eigenvalue weighted by Gasteiger charge is -2.12. The third-order valence-corrected chi connectivity index (χ3v) is 3.38. The van der Waals surface area contributed by atoms with Gasteiger partial charge in [-0.2, -0.15) is 0 Å². The quantitative estimate of drug-likeness (QED) is 0.907. The van der Waals surface area contributed by atoms with Crippen LogP contribution >= 0.6 is 23.2 Å². The monoisotopic (exact) mass is 298 g/mol. The highest BCUT2D eigenvalue weighted by atomic mass is 35.5. The number of aromatic nitrogens is 1. The van der Waals surface area contributed by atoms with Crippen LogP contribution in [-0.2, 0) is 0 Å². The molecular weight excluding hydrogens is 287 g/mol. The van der Waals surface area contributed by atoms with Gasteiger partial charge in [0.05, 0.1) is 0 Å². The molecule has 0 amide bonds. The summed E-state index contributed by atoms with van der Waals surface area (Å²) in [5, 5.41) is 10.2. The smallest absolute Gasteiger partial charge is 0.340 e. The number of carbonyl (C=O) groups is 1. The van der Waals surface area contributed by atoms with E-state index in [0.717, 1.165) is 0 Å². The molecule has 0 saturated heterocycles. The zero-order chi connectivity index (χ0) is 14.2. The molecule has 0 spiro atoms. The molecule has 6 heteroatoms. The molecular formula is C13H12Cl2N2O2. The number of anilines is 1. The Bertz CT molecular complexity index is 615. The van der Waals surface area contributed by atoms with Crippen molar-refractivity contribution in [3.63, 3.8) is 0 Å². The number of aromatic amines is 1. The second kappa shape index (κ2) is 5.15. The lowest BCUT2D eigenvalue weighted by Crippen LogP contribution is -2.13. The summed E-state index contributed by atoms with van der Waals surface area (Å²) in [7, 11) is 3.52. The van der Waals surface area contributed by atoms with Crippen molar-refractivity contribution in [1.29, 1.82) is 0 Å². The van der Waals surface area contributed by atoms with Gasteiger partial charge in [-0.25, -0.2) is 4.79 Å². The summed E-state index contributed by atoms with van der Waals surface area (Å²) in [5.41, 5.74) is 1.15. The van der Waals surface area contributed by atoms with Crippen molar-refractivity contribution < 1.29 is 9.90 Å². The zero-order valence-electron chi connectivity index (χ0n) is 10.4. The van der Waals surface area contributed by atoms with E-state index in [-0.39, 0.29) is 5.56 Å². The normalized spacial score (nSPS) is 10.5. The van der Waals surface area contributed by atoms with E-state index in [0.29, 0.717) is 27.0 Å². The molecule has 2 rings (SSSR count). The van der Waals surface area contributed by atoms with Crippen LogP contribution in [0.25, 0.3) is 11.1 Å². The molecule has 0 fully saturated rings. The van der Waals surface area contributed by atoms with Gasteiger partial charge in [-0.15, -0.1) is 0 Å². The van der Waals surface area contributed by atoms with E-state index < -0.39 is 5.97 Å². The van der Waals surface area contributed by atoms with Crippen LogP contribution in [0.3, 0.4) is 0 Å². The molecule has 1 heterocycles. The number of hydrogen-bond acceptors (Lipinski definition) is 2. The number of H-pyrrole nitrogens is 1. The first-order valence-corrected chi connectivity index (χ1v) is 6.25. The summed E-state index contributed by atoms with van der Waals surface area (Å²) in [5.74, 6) is -0.533. The summed E-state index contributed by atoms with van der Waals surface area (Å²) in [6, 6.07) is 5.07. The standard InChI is InChI=1S/C13H12Cl2N2O2/c1-17(2)12-11(13(18)19)7(6-16-12)10-8(14)4-3-5-9(10)15/h3-6,16H,1-2H3,(H,18,19). The Kier molecular flexibility index (Phi) is 3.73. The fraction of sp³-hybridized carbons (Fsp3) is 0.154. The Morgan fingerprint density at radius 3 is 2.32 bits per heavy atom. The molecule has 0 aliphatic carbocycles. The maximum atomic E-state index is 11.5. The van der Waals surface area contributed by atoms with E-state index >= 15 is 0 Å². The Labute approximate surface area is 120 Å². The maximum Gasteiger partial charge on any atom is 0.340 e. The van der Waals surface area contributed by atoms with Crippen LogP contribution in [0.2, 0.25) is 10.0 Å². The van der Waals surface area contributed by atoms with Gasteiger partial charge in [0.1, 0.15) is 11.4 Å². The van der Waals surface area contributed by atoms with Crippen molar-refractivity contribution in [2.45, 2.75) is 0 Å². The molecule has 4 nitrogen and oxygen atoms in total. The number of aromatic carboxylic acids is 1. The van der Waals surface area contributed by atoms with Gasteiger partial charge in [0.25, 0.3) is 0 Å². The molecule has 0 unspecified atom stereocenters. The summed E-state index contributed by atoms with van der Waals surface area (Å²) < 4.78 is 0. The van der Waals surface area contributed by atoms with Crippen LogP contribution in [0.5, 0.6) is 0 Å². The van der Waals surface area contributed by atoms with Crippen LogP contribution in [0.15, 0.2) is 24.4 Å². The predicted octanol–water partition coefficient (Wildman–Crippen LogP) is 3.75. The molecule has 1 aromatic carbocycles. The van der Waals surface area contributed by atoms with E-state index in [1.165, 1.54) is 0 Å². The largest absolute Gasteiger partial charge is 0.478 e. The van der Waals surface area contributed by atoms with Crippen molar-refractivity contribution in [1.82, 2.24) is 4.98 Å². The van der Waals surface area contributed by atoms with Crippen molar-refractivity contribution in [2.24, 2.45) is 0 Å². The van der Waals surface area contributed by atoms with Gasteiger partial charge in [-0.3, -0.25) is 0 Å². The molecule has 0 radical (unpaired) electrons. The number of nitrogens with one attached hydrogen (secondary N) is 1. The summed E-state index contributed by atoms with van der Waals surface area (Å²) in [6.45, 7) is 0. The zero-order valence-corrected chi connectivity index (χ0v) is 11.9. The molecule has 19 heavy (non-hydrogen) atoms. The van der Waals surface area contributed by atoms with E-state index in [1.54, 1.807) is 43.4 Å². The van der Waals surface area contributed by atoms with Gasteiger partial charge in [-0.1, -0.05) is 29.3 Å². The third kappa shape index (κ3) is 2.41. The summed E-state index contributed by atoms with van der Waals surface area (Å²) >= 11 is 12.2. The average molecular weight is 299 g/mol. The van der Waals surface area contributed by atoms with E-state index in [4.69, 9.17) is 23.2 Å². The molecule has 0 saturated carbocycles. The molecule has 0 atom stereocenters. The highest BCUT2D eigenvalue weighted by molar-refractivity contribution is 6.39. The lowest BCUT2D eigenvalue weighted by atomic mass is 10.0. The Hall–Kier alpha value is -1.65. The first kappa shape index (κ1) is 13.8. The van der Waals surface area contributed by atoms with Crippen LogP contribution in [0, 0.1) is 0 Å². The van der Waals surface area contributed by atoms with Gasteiger partial charge >= 0.3 is 5.97 Å². The van der Waals surface area contributed by atoms with Crippen LogP contribution < -0.4 is 4.90 Å². The predicted molar refractivity (Wildman–Crippen MR) is 77.5 cm³/mol. The minimum absolute atomic E-state index is 0.153. The molecule has 2 N–H and O–H groups in total. The number of benzene rings is 1. The average Bonchev–Trinajstić information content (AvgIpc) is 2.73. The van der Waals surface area contributed by atoms with Gasteiger partial charge in [-0.05, 0) is 12.1 Å². The van der Waals surface area contributed by atoms with E-state index in [2.05, 4.69) is 4.98 Å². The molecule has 1 aromatic heterocycles. The van der Waals surface area contributed by atoms with E-state index in [1.807, 2.05) is 0 Å². The van der Waals surface area contributed by atoms with Gasteiger partial charge in [0, 0.05) is 41.5 Å². The van der Waals surface area contributed by atoms with Crippen molar-refractivity contribution in [3.05, 3.63) is 40.0 Å². The second-order valence-corrected chi connectivity index (χ2v) is 5.04. The van der Waals surface area contributed by atoms with E-state index in [9.17, 15) is 9.90 Å². The molecule has 0 bridgehead atoms. The highest BCUT2D eigenvalue weighted by Crippen LogP contribution is 2.39. The fourth-order valence-electron chi connectivity index (χ4n) is 1.93. The second-order valence-electron chi connectivity index (χ2n) is 4.22. The highest BCUT2D eigenvalue weighted by Gasteiger charge is 2.23. The fourth-order valence-corrected chi connectivity index (χ4v) is 2.53. The van der Waals surface area contributed by atoms with Crippen molar-refractivity contribution in [3.8, 4) is 11.1 Å². The molecule has 0 aliphatic rings. The minimum Gasteiger partial charge on any atom is -0.478 e. The molecule has 0 aliphatic heterocycles. The van der Waals surface area contributed by atoms with Crippen molar-refractivity contribution >= 4 is 35.0 Å². The first-order chi connectivity index (χ1) is 8.93. The topological polar surface area (TPSA) is 56.3 Å². The SMILES string of the molecule is CN(C)c1[nH]cc(-c2c(Cl)cccc2Cl)c1C(=O)O. The van der Waals surface area contributed by atoms with Crippen LogP contribution in [0.1, 0.15) is 10.4 Å². The number of carboxylic acids is 1. The van der Waals surface area contributed by atoms with Crippen LogP contribution in [0.4, 0.5) is 5.82 Å². The van der Waals surface area contributed by atoms with Gasteiger partial charge < -0.3 is 15.0 Å².